The predicted molar refractivity (Wildman–Crippen MR) is 120 cm³/mol. The van der Waals surface area contributed by atoms with Crippen molar-refractivity contribution in [1.82, 2.24) is 19.1 Å². The monoisotopic (exact) mass is 455 g/mol. The van der Waals surface area contributed by atoms with Crippen LogP contribution >= 0.6 is 0 Å². The zero-order chi connectivity index (χ0) is 22.3. The quantitative estimate of drug-likeness (QED) is 0.589. The van der Waals surface area contributed by atoms with Gasteiger partial charge in [0.05, 0.1) is 6.04 Å². The van der Waals surface area contributed by atoms with Crippen molar-refractivity contribution in [3.63, 3.8) is 0 Å². The number of hydrogen-bond donors (Lipinski definition) is 0. The molecule has 32 heavy (non-hydrogen) atoms. The summed E-state index contributed by atoms with van der Waals surface area (Å²) in [5.41, 5.74) is 1.99. The van der Waals surface area contributed by atoms with Crippen LogP contribution < -0.4 is 4.90 Å². The van der Waals surface area contributed by atoms with E-state index in [4.69, 9.17) is 0 Å². The molecule has 1 unspecified atom stereocenters. The molecule has 3 aromatic rings. The number of aromatic nitrogens is 3. The third kappa shape index (κ3) is 3.80. The van der Waals surface area contributed by atoms with Gasteiger partial charge >= 0.3 is 0 Å². The fourth-order valence-corrected chi connectivity index (χ4v) is 6.82. The number of rotatable bonds is 5. The Morgan fingerprint density at radius 2 is 1.75 bits per heavy atom. The van der Waals surface area contributed by atoms with Gasteiger partial charge in [-0.05, 0) is 37.5 Å². The molecule has 9 heteroatoms. The zero-order valence-corrected chi connectivity index (χ0v) is 18.7. The molecule has 7 nitrogen and oxygen atoms in total. The number of hydrogen-bond acceptors (Lipinski definition) is 5. The molecule has 2 fully saturated rings. The maximum atomic E-state index is 15.0. The summed E-state index contributed by atoms with van der Waals surface area (Å²) in [7, 11) is -3.59. The van der Waals surface area contributed by atoms with E-state index < -0.39 is 15.3 Å². The van der Waals surface area contributed by atoms with E-state index in [9.17, 15) is 8.42 Å². The van der Waals surface area contributed by atoms with Crippen LogP contribution in [0.1, 0.15) is 42.2 Å². The minimum Gasteiger partial charge on any atom is -0.367 e. The highest BCUT2D eigenvalue weighted by Crippen LogP contribution is 2.38. The van der Waals surface area contributed by atoms with E-state index in [1.807, 2.05) is 47.9 Å². The van der Waals surface area contributed by atoms with E-state index >= 15 is 4.39 Å². The van der Waals surface area contributed by atoms with Crippen LogP contribution in [0.25, 0.3) is 0 Å². The molecule has 2 aliphatic heterocycles. The van der Waals surface area contributed by atoms with Crippen molar-refractivity contribution in [2.45, 2.75) is 43.6 Å². The van der Waals surface area contributed by atoms with Gasteiger partial charge in [-0.2, -0.15) is 4.31 Å². The minimum absolute atomic E-state index is 0.0439. The molecule has 2 saturated heterocycles. The Hall–Kier alpha value is -2.78. The lowest BCUT2D eigenvalue weighted by atomic mass is 10.0. The normalized spacial score (nSPS) is 23.8. The van der Waals surface area contributed by atoms with Crippen molar-refractivity contribution in [2.24, 2.45) is 0 Å². The van der Waals surface area contributed by atoms with Gasteiger partial charge < -0.3 is 9.47 Å². The molecule has 168 valence electrons. The van der Waals surface area contributed by atoms with Crippen molar-refractivity contribution in [3.8, 4) is 0 Å². The lowest BCUT2D eigenvalue weighted by molar-refractivity contribution is 0.279. The second-order valence-corrected chi connectivity index (χ2v) is 10.7. The molecular formula is C23H26FN5O2S. The molecule has 0 saturated carbocycles. The SMILES string of the molecule is C[C@H]1CCC(c2ccccc2)S(=O)(=O)N1Cc1ccc(N2CC(n3cnnc3)C2)cc1F. The average Bonchev–Trinajstić information content (AvgIpc) is 3.26. The topological polar surface area (TPSA) is 71.3 Å². The summed E-state index contributed by atoms with van der Waals surface area (Å²) < 4.78 is 45.2. The van der Waals surface area contributed by atoms with Crippen LogP contribution in [-0.2, 0) is 16.6 Å². The fraction of sp³-hybridized carbons (Fsp3) is 0.391. The van der Waals surface area contributed by atoms with Gasteiger partial charge in [-0.25, -0.2) is 12.8 Å². The first-order chi connectivity index (χ1) is 15.4. The first-order valence-corrected chi connectivity index (χ1v) is 12.4. The van der Waals surface area contributed by atoms with Crippen LogP contribution in [0.15, 0.2) is 61.2 Å². The van der Waals surface area contributed by atoms with Gasteiger partial charge in [0.1, 0.15) is 23.7 Å². The summed E-state index contributed by atoms with van der Waals surface area (Å²) in [6, 6.07) is 14.5. The third-order valence-electron chi connectivity index (χ3n) is 6.64. The fourth-order valence-electron chi connectivity index (χ4n) is 4.63. The summed E-state index contributed by atoms with van der Waals surface area (Å²) in [6.07, 6.45) is 4.70. The number of anilines is 1. The van der Waals surface area contributed by atoms with E-state index in [2.05, 4.69) is 15.1 Å². The van der Waals surface area contributed by atoms with E-state index in [1.165, 1.54) is 10.4 Å². The van der Waals surface area contributed by atoms with Crippen LogP contribution in [0.5, 0.6) is 0 Å². The van der Waals surface area contributed by atoms with Gasteiger partial charge in [-0.1, -0.05) is 36.4 Å². The molecule has 1 aromatic heterocycles. The second-order valence-electron chi connectivity index (χ2n) is 8.66. The highest BCUT2D eigenvalue weighted by atomic mass is 32.2. The minimum atomic E-state index is -3.59. The van der Waals surface area contributed by atoms with Gasteiger partial charge in [-0.15, -0.1) is 10.2 Å². The summed E-state index contributed by atoms with van der Waals surface area (Å²) in [4.78, 5) is 2.09. The molecule has 0 aliphatic carbocycles. The third-order valence-corrected chi connectivity index (χ3v) is 9.01. The maximum absolute atomic E-state index is 15.0. The smallest absolute Gasteiger partial charge is 0.221 e. The highest BCUT2D eigenvalue weighted by Gasteiger charge is 2.40. The van der Waals surface area contributed by atoms with Crippen molar-refractivity contribution < 1.29 is 12.8 Å². The standard InChI is InChI=1S/C23H26FN5O2S/c1-17-7-10-23(18-5-3-2-4-6-18)32(30,31)29(17)12-19-8-9-20(11-22(19)24)27-13-21(14-27)28-15-25-26-16-28/h2-6,8-9,11,15-17,21,23H,7,10,12-14H2,1H3/t17-,23?/m0/s1. The zero-order valence-electron chi connectivity index (χ0n) is 17.9. The molecule has 0 radical (unpaired) electrons. The Morgan fingerprint density at radius 3 is 2.44 bits per heavy atom. The van der Waals surface area contributed by atoms with Gasteiger partial charge in [0, 0.05) is 36.9 Å². The molecule has 2 atom stereocenters. The number of nitrogens with zero attached hydrogens (tertiary/aromatic N) is 5. The van der Waals surface area contributed by atoms with Crippen LogP contribution in [0.3, 0.4) is 0 Å². The van der Waals surface area contributed by atoms with Gasteiger partial charge in [0.15, 0.2) is 0 Å². The Labute approximate surface area is 187 Å². The highest BCUT2D eigenvalue weighted by molar-refractivity contribution is 7.89. The first kappa shape index (κ1) is 21.1. The molecule has 2 aliphatic rings. The molecule has 0 bridgehead atoms. The van der Waals surface area contributed by atoms with Crippen LogP contribution in [0.4, 0.5) is 10.1 Å². The Balaban J connectivity index is 1.32. The summed E-state index contributed by atoms with van der Waals surface area (Å²) in [6.45, 7) is 3.46. The molecule has 3 heterocycles. The lowest BCUT2D eigenvalue weighted by Crippen LogP contribution is -2.47. The first-order valence-electron chi connectivity index (χ1n) is 10.9. The molecule has 0 N–H and O–H groups in total. The van der Waals surface area contributed by atoms with Crippen molar-refractivity contribution in [3.05, 3.63) is 78.1 Å². The van der Waals surface area contributed by atoms with Crippen LogP contribution in [0, 0.1) is 5.82 Å². The summed E-state index contributed by atoms with van der Waals surface area (Å²) in [5.74, 6) is -0.375. The van der Waals surface area contributed by atoms with E-state index in [1.54, 1.807) is 18.7 Å². The summed E-state index contributed by atoms with van der Waals surface area (Å²) >= 11 is 0. The molecule has 2 aromatic carbocycles. The van der Waals surface area contributed by atoms with Gasteiger partial charge in [0.25, 0.3) is 0 Å². The van der Waals surface area contributed by atoms with Crippen LogP contribution in [-0.4, -0.2) is 46.6 Å². The Kier molecular flexibility index (Phi) is 5.46. The summed E-state index contributed by atoms with van der Waals surface area (Å²) in [5, 5.41) is 7.07. The Morgan fingerprint density at radius 1 is 1.03 bits per heavy atom. The largest absolute Gasteiger partial charge is 0.367 e. The number of halogens is 1. The van der Waals surface area contributed by atoms with Gasteiger partial charge in [-0.3, -0.25) is 0 Å². The van der Waals surface area contributed by atoms with E-state index in [0.29, 0.717) is 12.0 Å². The second kappa shape index (κ2) is 8.29. The number of benzene rings is 2. The molecule has 0 spiro atoms. The molecule has 0 amide bonds. The van der Waals surface area contributed by atoms with Crippen LogP contribution in [0.2, 0.25) is 0 Å². The lowest BCUT2D eigenvalue weighted by Gasteiger charge is -2.41. The average molecular weight is 456 g/mol. The number of sulfonamides is 1. The maximum Gasteiger partial charge on any atom is 0.221 e. The Bertz CT molecular complexity index is 1180. The van der Waals surface area contributed by atoms with Gasteiger partial charge in [0.2, 0.25) is 10.0 Å². The predicted octanol–water partition coefficient (Wildman–Crippen LogP) is 3.53. The van der Waals surface area contributed by atoms with Crippen molar-refractivity contribution in [2.75, 3.05) is 18.0 Å². The molecule has 5 rings (SSSR count). The van der Waals surface area contributed by atoms with E-state index in [0.717, 1.165) is 30.8 Å². The van der Waals surface area contributed by atoms with E-state index in [-0.39, 0.29) is 24.4 Å². The molecular weight excluding hydrogens is 429 g/mol. The van der Waals surface area contributed by atoms with Crippen molar-refractivity contribution in [1.29, 1.82) is 0 Å². The van der Waals surface area contributed by atoms with Crippen molar-refractivity contribution >= 4 is 15.7 Å².